The molecule has 3 aromatic rings. The van der Waals surface area contributed by atoms with Crippen LogP contribution in [0.3, 0.4) is 0 Å². The molecule has 0 unspecified atom stereocenters. The lowest BCUT2D eigenvalue weighted by molar-refractivity contribution is -0.384. The van der Waals surface area contributed by atoms with Crippen LogP contribution in [0.5, 0.6) is 0 Å². The number of hydrogen-bond donors (Lipinski definition) is 0. The normalized spacial score (nSPS) is 10.4. The van der Waals surface area contributed by atoms with Crippen LogP contribution in [0.2, 0.25) is 5.02 Å². The molecule has 1 aromatic heterocycles. The topological polar surface area (TPSA) is 113 Å². The molecule has 0 saturated heterocycles. The molecule has 126 valence electrons. The molecule has 0 spiro atoms. The molecule has 3 rings (SSSR count). The van der Waals surface area contributed by atoms with Crippen molar-refractivity contribution < 1.29 is 14.5 Å². The number of nitrogens with zero attached hydrogens (tertiary/aromatic N) is 5. The van der Waals surface area contributed by atoms with Gasteiger partial charge in [0.05, 0.1) is 21.2 Å². The number of rotatable bonds is 5. The van der Waals surface area contributed by atoms with Crippen molar-refractivity contribution >= 4 is 23.3 Å². The van der Waals surface area contributed by atoms with Crippen LogP contribution < -0.4 is 0 Å². The number of para-hydroxylation sites is 1. The van der Waals surface area contributed by atoms with Gasteiger partial charge in [-0.15, -0.1) is 5.10 Å². The van der Waals surface area contributed by atoms with Gasteiger partial charge >= 0.3 is 5.97 Å². The monoisotopic (exact) mass is 359 g/mol. The summed E-state index contributed by atoms with van der Waals surface area (Å²) < 4.78 is 6.59. The summed E-state index contributed by atoms with van der Waals surface area (Å²) in [7, 11) is 0. The van der Waals surface area contributed by atoms with Gasteiger partial charge in [0, 0.05) is 12.1 Å². The SMILES string of the molecule is O=C(OCc1nnnn1-c1ccccc1)c1ccc([N+](=O)[O-])cc1Cl. The summed E-state index contributed by atoms with van der Waals surface area (Å²) in [5.74, 6) is -0.417. The number of tetrazole rings is 1. The van der Waals surface area contributed by atoms with Crippen molar-refractivity contribution in [2.75, 3.05) is 0 Å². The second-order valence-corrected chi connectivity index (χ2v) is 5.25. The number of benzene rings is 2. The van der Waals surface area contributed by atoms with Gasteiger partial charge in [-0.3, -0.25) is 10.1 Å². The minimum atomic E-state index is -0.734. The van der Waals surface area contributed by atoms with Crippen molar-refractivity contribution in [2.45, 2.75) is 6.61 Å². The molecule has 0 aliphatic carbocycles. The van der Waals surface area contributed by atoms with Crippen LogP contribution in [0.15, 0.2) is 48.5 Å². The molecule has 25 heavy (non-hydrogen) atoms. The fourth-order valence-electron chi connectivity index (χ4n) is 2.06. The zero-order valence-electron chi connectivity index (χ0n) is 12.6. The van der Waals surface area contributed by atoms with Crippen LogP contribution in [0.25, 0.3) is 5.69 Å². The van der Waals surface area contributed by atoms with Crippen LogP contribution in [0.1, 0.15) is 16.2 Å². The predicted molar refractivity (Wildman–Crippen MR) is 86.4 cm³/mol. The first-order valence-electron chi connectivity index (χ1n) is 7.00. The highest BCUT2D eigenvalue weighted by Crippen LogP contribution is 2.23. The van der Waals surface area contributed by atoms with Crippen LogP contribution in [0.4, 0.5) is 5.69 Å². The van der Waals surface area contributed by atoms with Gasteiger partial charge in [0.2, 0.25) is 0 Å². The average molecular weight is 360 g/mol. The molecule has 0 radical (unpaired) electrons. The third kappa shape index (κ3) is 3.61. The molecule has 0 fully saturated rings. The molecule has 0 saturated carbocycles. The largest absolute Gasteiger partial charge is 0.454 e. The molecule has 0 atom stereocenters. The van der Waals surface area contributed by atoms with Crippen molar-refractivity contribution in [3.8, 4) is 5.69 Å². The van der Waals surface area contributed by atoms with E-state index in [1.165, 1.54) is 16.8 Å². The van der Waals surface area contributed by atoms with E-state index in [-0.39, 0.29) is 22.9 Å². The number of non-ortho nitro benzene ring substituents is 1. The number of aromatic nitrogens is 4. The summed E-state index contributed by atoms with van der Waals surface area (Å²) in [5.41, 5.74) is 0.521. The highest BCUT2D eigenvalue weighted by atomic mass is 35.5. The molecular formula is C15H10ClN5O4. The number of carbonyl (C=O) groups is 1. The average Bonchev–Trinajstić information content (AvgIpc) is 3.09. The maximum Gasteiger partial charge on any atom is 0.340 e. The first kappa shape index (κ1) is 16.5. The summed E-state index contributed by atoms with van der Waals surface area (Å²) in [4.78, 5) is 22.2. The minimum absolute atomic E-state index is 0.0194. The molecule has 1 heterocycles. The number of halogens is 1. The van der Waals surface area contributed by atoms with Gasteiger partial charge < -0.3 is 4.74 Å². The Morgan fingerprint density at radius 2 is 2.00 bits per heavy atom. The summed E-state index contributed by atoms with van der Waals surface area (Å²) in [5, 5.41) is 21.9. The van der Waals surface area contributed by atoms with Crippen molar-refractivity contribution in [2.24, 2.45) is 0 Å². The lowest BCUT2D eigenvalue weighted by Gasteiger charge is -2.07. The highest BCUT2D eigenvalue weighted by molar-refractivity contribution is 6.33. The van der Waals surface area contributed by atoms with Crippen molar-refractivity contribution in [3.05, 3.63) is 75.1 Å². The Morgan fingerprint density at radius 3 is 2.68 bits per heavy atom. The first-order valence-corrected chi connectivity index (χ1v) is 7.38. The van der Waals surface area contributed by atoms with Crippen LogP contribution >= 0.6 is 11.6 Å². The zero-order valence-corrected chi connectivity index (χ0v) is 13.3. The maximum atomic E-state index is 12.1. The summed E-state index contributed by atoms with van der Waals surface area (Å²) >= 11 is 5.91. The number of nitro benzene ring substituents is 1. The molecule has 9 nitrogen and oxygen atoms in total. The Labute approximate surface area is 145 Å². The summed E-state index contributed by atoms with van der Waals surface area (Å²) in [6.45, 7) is -0.186. The Balaban J connectivity index is 1.74. The van der Waals surface area contributed by atoms with E-state index in [9.17, 15) is 14.9 Å². The van der Waals surface area contributed by atoms with E-state index in [1.54, 1.807) is 12.1 Å². The third-order valence-electron chi connectivity index (χ3n) is 3.25. The number of nitro groups is 1. The number of esters is 1. The predicted octanol–water partition coefficient (Wildman–Crippen LogP) is 2.58. The summed E-state index contributed by atoms with van der Waals surface area (Å²) in [6.07, 6.45) is 0. The van der Waals surface area contributed by atoms with E-state index >= 15 is 0 Å². The van der Waals surface area contributed by atoms with E-state index in [1.807, 2.05) is 18.2 Å². The van der Waals surface area contributed by atoms with Gasteiger partial charge in [-0.2, -0.15) is 4.68 Å². The molecule has 2 aromatic carbocycles. The van der Waals surface area contributed by atoms with Gasteiger partial charge in [0.15, 0.2) is 12.4 Å². The van der Waals surface area contributed by atoms with E-state index in [0.29, 0.717) is 11.5 Å². The third-order valence-corrected chi connectivity index (χ3v) is 3.56. The standard InChI is InChI=1S/C15H10ClN5O4/c16-13-8-11(21(23)24)6-7-12(13)15(22)25-9-14-17-18-19-20(14)10-4-2-1-3-5-10/h1-8H,9H2. The Bertz CT molecular complexity index is 929. The fraction of sp³-hybridized carbons (Fsp3) is 0.0667. The molecule has 0 amide bonds. The Hall–Kier alpha value is -3.33. The quantitative estimate of drug-likeness (QED) is 0.390. The maximum absolute atomic E-state index is 12.1. The number of hydrogen-bond acceptors (Lipinski definition) is 7. The first-order chi connectivity index (χ1) is 12.1. The molecule has 0 bridgehead atoms. The Kier molecular flexibility index (Phi) is 4.66. The second-order valence-electron chi connectivity index (χ2n) is 4.84. The van der Waals surface area contributed by atoms with Crippen LogP contribution in [0, 0.1) is 10.1 Å². The van der Waals surface area contributed by atoms with Crippen LogP contribution in [-0.4, -0.2) is 31.1 Å². The van der Waals surface area contributed by atoms with Crippen molar-refractivity contribution in [1.29, 1.82) is 0 Å². The lowest BCUT2D eigenvalue weighted by atomic mass is 10.2. The van der Waals surface area contributed by atoms with Crippen molar-refractivity contribution in [1.82, 2.24) is 20.2 Å². The Morgan fingerprint density at radius 1 is 1.24 bits per heavy atom. The smallest absolute Gasteiger partial charge is 0.340 e. The molecule has 0 aliphatic heterocycles. The number of carbonyl (C=O) groups excluding carboxylic acids is 1. The highest BCUT2D eigenvalue weighted by Gasteiger charge is 2.17. The van der Waals surface area contributed by atoms with Gasteiger partial charge in [-0.05, 0) is 28.6 Å². The minimum Gasteiger partial charge on any atom is -0.454 e. The van der Waals surface area contributed by atoms with Gasteiger partial charge in [-0.1, -0.05) is 29.8 Å². The summed E-state index contributed by atoms with van der Waals surface area (Å²) in [6, 6.07) is 12.6. The van der Waals surface area contributed by atoms with E-state index in [4.69, 9.17) is 16.3 Å². The molecule has 10 heteroatoms. The molecule has 0 N–H and O–H groups in total. The zero-order chi connectivity index (χ0) is 17.8. The van der Waals surface area contributed by atoms with Gasteiger partial charge in [-0.25, -0.2) is 4.79 Å². The van der Waals surface area contributed by atoms with Gasteiger partial charge in [0.1, 0.15) is 0 Å². The van der Waals surface area contributed by atoms with Crippen LogP contribution in [-0.2, 0) is 11.3 Å². The second kappa shape index (κ2) is 7.05. The van der Waals surface area contributed by atoms with E-state index in [0.717, 1.165) is 6.07 Å². The molecular weight excluding hydrogens is 350 g/mol. The fourth-order valence-corrected chi connectivity index (χ4v) is 2.31. The van der Waals surface area contributed by atoms with E-state index in [2.05, 4.69) is 15.5 Å². The van der Waals surface area contributed by atoms with E-state index < -0.39 is 10.9 Å². The lowest BCUT2D eigenvalue weighted by Crippen LogP contribution is -2.10. The van der Waals surface area contributed by atoms with Gasteiger partial charge in [0.25, 0.3) is 5.69 Å². The van der Waals surface area contributed by atoms with Crippen molar-refractivity contribution in [3.63, 3.8) is 0 Å². The number of ether oxygens (including phenoxy) is 1. The molecule has 0 aliphatic rings.